The van der Waals surface area contributed by atoms with Crippen LogP contribution in [0.15, 0.2) is 64.0 Å². The van der Waals surface area contributed by atoms with E-state index < -0.39 is 0 Å². The van der Waals surface area contributed by atoms with Gasteiger partial charge in [0.2, 0.25) is 5.91 Å². The molecule has 3 rings (SSSR count). The van der Waals surface area contributed by atoms with Crippen LogP contribution in [-0.2, 0) is 17.0 Å². The van der Waals surface area contributed by atoms with Gasteiger partial charge < -0.3 is 15.2 Å². The average Bonchev–Trinajstić information content (AvgIpc) is 3.15. The molecule has 0 aliphatic rings. The Bertz CT molecular complexity index is 1020. The second-order valence-electron chi connectivity index (χ2n) is 6.63. The van der Waals surface area contributed by atoms with Gasteiger partial charge in [-0.05, 0) is 36.8 Å². The number of nitrogens with one attached hydrogen (secondary N) is 2. The van der Waals surface area contributed by atoms with Gasteiger partial charge in [0.05, 0.1) is 23.4 Å². The first-order valence-electron chi connectivity index (χ1n) is 9.44. The number of aryl methyl sites for hydroxylation is 1. The molecular weight excluding hydrogens is 405 g/mol. The summed E-state index contributed by atoms with van der Waals surface area (Å²) >= 11 is 1.49. The maximum Gasteiger partial charge on any atom is 0.252 e. The van der Waals surface area contributed by atoms with E-state index in [1.54, 1.807) is 24.3 Å². The molecule has 0 bridgehead atoms. The van der Waals surface area contributed by atoms with Crippen LogP contribution in [0.1, 0.15) is 27.4 Å². The summed E-state index contributed by atoms with van der Waals surface area (Å²) in [5, 5.41) is 9.39. The predicted octanol–water partition coefficient (Wildman–Crippen LogP) is 3.50. The number of amides is 2. The van der Waals surface area contributed by atoms with E-state index >= 15 is 0 Å². The Morgan fingerprint density at radius 3 is 2.63 bits per heavy atom. The molecule has 8 heteroatoms. The number of thioether (sulfide) groups is 1. The van der Waals surface area contributed by atoms with Crippen molar-refractivity contribution in [1.82, 2.24) is 15.8 Å². The number of hydrogen-bond acceptors (Lipinski definition) is 5. The molecule has 3 aromatic rings. The lowest BCUT2D eigenvalue weighted by Gasteiger charge is -2.10. The van der Waals surface area contributed by atoms with Crippen LogP contribution in [0.5, 0.6) is 0 Å². The van der Waals surface area contributed by atoms with Crippen LogP contribution < -0.4 is 10.6 Å². The van der Waals surface area contributed by atoms with E-state index in [0.29, 0.717) is 16.9 Å². The average molecular weight is 428 g/mol. The lowest BCUT2D eigenvalue weighted by Crippen LogP contribution is -2.35. The predicted molar refractivity (Wildman–Crippen MR) is 113 cm³/mol. The van der Waals surface area contributed by atoms with Gasteiger partial charge in [0.1, 0.15) is 11.6 Å². The van der Waals surface area contributed by atoms with E-state index in [9.17, 15) is 14.0 Å². The summed E-state index contributed by atoms with van der Waals surface area (Å²) < 4.78 is 18.4. The number of nitrogens with zero attached hydrogens (tertiary/aromatic N) is 1. The molecule has 2 amide bonds. The molecule has 0 spiro atoms. The molecule has 0 radical (unpaired) electrons. The number of benzene rings is 2. The van der Waals surface area contributed by atoms with Gasteiger partial charge in [0.15, 0.2) is 0 Å². The monoisotopic (exact) mass is 427 g/mol. The largest absolute Gasteiger partial charge is 0.360 e. The first kappa shape index (κ1) is 21.6. The second-order valence-corrected chi connectivity index (χ2v) is 7.65. The van der Waals surface area contributed by atoms with Crippen LogP contribution in [0.25, 0.3) is 0 Å². The zero-order valence-corrected chi connectivity index (χ0v) is 17.3. The van der Waals surface area contributed by atoms with Crippen LogP contribution in [0, 0.1) is 12.7 Å². The normalized spacial score (nSPS) is 10.6. The summed E-state index contributed by atoms with van der Waals surface area (Å²) in [5.41, 5.74) is 1.98. The van der Waals surface area contributed by atoms with Gasteiger partial charge in [-0.15, -0.1) is 11.8 Å². The molecule has 1 aromatic heterocycles. The lowest BCUT2D eigenvalue weighted by molar-refractivity contribution is -0.120. The smallest absolute Gasteiger partial charge is 0.252 e. The first-order valence-corrected chi connectivity index (χ1v) is 10.4. The zero-order chi connectivity index (χ0) is 21.3. The van der Waals surface area contributed by atoms with Gasteiger partial charge in [-0.3, -0.25) is 9.59 Å². The van der Waals surface area contributed by atoms with Crippen LogP contribution in [0.4, 0.5) is 4.39 Å². The van der Waals surface area contributed by atoms with Gasteiger partial charge in [-0.2, -0.15) is 0 Å². The Hall–Kier alpha value is -3.13. The molecule has 2 N–H and O–H groups in total. The quantitative estimate of drug-likeness (QED) is 0.403. The molecule has 0 fully saturated rings. The third kappa shape index (κ3) is 6.45. The van der Waals surface area contributed by atoms with E-state index in [0.717, 1.165) is 16.3 Å². The third-order valence-electron chi connectivity index (χ3n) is 4.16. The molecule has 0 aliphatic carbocycles. The number of hydrogen-bond donors (Lipinski definition) is 2. The van der Waals surface area contributed by atoms with Crippen molar-refractivity contribution in [2.45, 2.75) is 24.0 Å². The summed E-state index contributed by atoms with van der Waals surface area (Å²) in [6.07, 6.45) is 0.0896. The van der Waals surface area contributed by atoms with Crippen LogP contribution in [0.2, 0.25) is 0 Å². The minimum absolute atomic E-state index is 0.0896. The first-order chi connectivity index (χ1) is 14.5. The molecule has 1 heterocycles. The van der Waals surface area contributed by atoms with Crippen LogP contribution >= 0.6 is 11.8 Å². The van der Waals surface area contributed by atoms with Gasteiger partial charge in [-0.1, -0.05) is 29.4 Å². The summed E-state index contributed by atoms with van der Waals surface area (Å²) in [6, 6.07) is 15.1. The highest BCUT2D eigenvalue weighted by Crippen LogP contribution is 2.26. The van der Waals surface area contributed by atoms with Crippen molar-refractivity contribution in [3.05, 3.63) is 83.0 Å². The Labute approximate surface area is 178 Å². The van der Waals surface area contributed by atoms with Gasteiger partial charge in [-0.25, -0.2) is 4.39 Å². The fourth-order valence-electron chi connectivity index (χ4n) is 2.78. The summed E-state index contributed by atoms with van der Waals surface area (Å²) in [5.74, 6) is 0.497. The van der Waals surface area contributed by atoms with Gasteiger partial charge in [0, 0.05) is 24.1 Å². The topological polar surface area (TPSA) is 84.2 Å². The minimum atomic E-state index is -0.373. The molecule has 0 aliphatic heterocycles. The maximum atomic E-state index is 13.2. The number of carbonyl (C=O) groups excluding carboxylic acids is 2. The summed E-state index contributed by atoms with van der Waals surface area (Å²) in [4.78, 5) is 25.3. The van der Waals surface area contributed by atoms with E-state index in [2.05, 4.69) is 15.8 Å². The molecule has 0 atom stereocenters. The van der Waals surface area contributed by atoms with Gasteiger partial charge in [0.25, 0.3) is 5.91 Å². The number of aromatic nitrogens is 1. The maximum absolute atomic E-state index is 13.2. The Balaban J connectivity index is 1.45. The Morgan fingerprint density at radius 2 is 1.87 bits per heavy atom. The summed E-state index contributed by atoms with van der Waals surface area (Å²) in [6.45, 7) is 2.43. The van der Waals surface area contributed by atoms with E-state index in [1.165, 1.54) is 23.9 Å². The fourth-order valence-corrected chi connectivity index (χ4v) is 3.71. The highest BCUT2D eigenvalue weighted by molar-refractivity contribution is 7.98. The zero-order valence-electron chi connectivity index (χ0n) is 16.5. The fraction of sp³-hybridized carbons (Fsp3) is 0.227. The molecule has 0 saturated carbocycles. The van der Waals surface area contributed by atoms with Crippen molar-refractivity contribution in [1.29, 1.82) is 0 Å². The molecule has 0 saturated heterocycles. The molecule has 156 valence electrons. The van der Waals surface area contributed by atoms with Crippen molar-refractivity contribution in [3.63, 3.8) is 0 Å². The van der Waals surface area contributed by atoms with Crippen molar-refractivity contribution in [3.8, 4) is 0 Å². The van der Waals surface area contributed by atoms with Gasteiger partial charge >= 0.3 is 0 Å². The third-order valence-corrected chi connectivity index (χ3v) is 5.26. The summed E-state index contributed by atoms with van der Waals surface area (Å²) in [7, 11) is 0. The SMILES string of the molecule is Cc1cc(CSc2ccccc2C(=O)NCCNC(=O)Cc2cccc(F)c2)on1. The van der Waals surface area contributed by atoms with Crippen LogP contribution in [0.3, 0.4) is 0 Å². The highest BCUT2D eigenvalue weighted by atomic mass is 32.2. The number of rotatable bonds is 9. The molecule has 30 heavy (non-hydrogen) atoms. The Morgan fingerprint density at radius 1 is 1.07 bits per heavy atom. The molecule has 0 unspecified atom stereocenters. The van der Waals surface area contributed by atoms with Crippen molar-refractivity contribution in [2.24, 2.45) is 0 Å². The Kier molecular flexibility index (Phi) is 7.62. The van der Waals surface area contributed by atoms with Crippen molar-refractivity contribution >= 4 is 23.6 Å². The molecule has 2 aromatic carbocycles. The highest BCUT2D eigenvalue weighted by Gasteiger charge is 2.12. The standard InChI is InChI=1S/C22H22FN3O3S/c1-15-11-18(29-26-15)14-30-20-8-3-2-7-19(20)22(28)25-10-9-24-21(27)13-16-5-4-6-17(23)12-16/h2-8,11-12H,9-10,13-14H2,1H3,(H,24,27)(H,25,28). The minimum Gasteiger partial charge on any atom is -0.360 e. The van der Waals surface area contributed by atoms with E-state index in [4.69, 9.17) is 4.52 Å². The van der Waals surface area contributed by atoms with Crippen LogP contribution in [-0.4, -0.2) is 30.1 Å². The second kappa shape index (κ2) is 10.6. The number of halogens is 1. The molecule has 6 nitrogen and oxygen atoms in total. The molecular formula is C22H22FN3O3S. The van der Waals surface area contributed by atoms with E-state index in [1.807, 2.05) is 25.1 Å². The lowest BCUT2D eigenvalue weighted by atomic mass is 10.1. The number of carbonyl (C=O) groups is 2. The van der Waals surface area contributed by atoms with Crippen molar-refractivity contribution < 1.29 is 18.5 Å². The van der Waals surface area contributed by atoms with Crippen molar-refractivity contribution in [2.75, 3.05) is 13.1 Å². The van der Waals surface area contributed by atoms with E-state index in [-0.39, 0.29) is 37.1 Å².